The Morgan fingerprint density at radius 3 is 2.58 bits per heavy atom. The second kappa shape index (κ2) is 9.54. The molecule has 4 N–H and O–H groups in total. The Labute approximate surface area is 112 Å². The Balaban J connectivity index is 1.91. The normalized spacial score (nSPS) is 16.0. The average molecular weight is 274 g/mol. The maximum Gasteiger partial charge on any atom is 0.329 e. The molecule has 1 aliphatic rings. The van der Waals surface area contributed by atoms with Crippen LogP contribution in [0.2, 0.25) is 0 Å². The van der Waals surface area contributed by atoms with Gasteiger partial charge in [0.1, 0.15) is 6.61 Å². The van der Waals surface area contributed by atoms with Gasteiger partial charge in [-0.2, -0.15) is 0 Å². The summed E-state index contributed by atoms with van der Waals surface area (Å²) in [5.41, 5.74) is 0. The molecule has 110 valence electrons. The van der Waals surface area contributed by atoms with Crippen molar-refractivity contribution < 1.29 is 19.4 Å². The summed E-state index contributed by atoms with van der Waals surface area (Å²) in [6.07, 6.45) is 0. The highest BCUT2D eigenvalue weighted by Gasteiger charge is 2.09. The van der Waals surface area contributed by atoms with Gasteiger partial charge in [-0.3, -0.25) is 4.90 Å². The van der Waals surface area contributed by atoms with Crippen molar-refractivity contribution in [1.82, 2.24) is 20.9 Å². The van der Waals surface area contributed by atoms with E-state index in [-0.39, 0.29) is 19.2 Å². The van der Waals surface area contributed by atoms with Gasteiger partial charge >= 0.3 is 12.0 Å². The molecule has 0 atom stereocenters. The molecule has 19 heavy (non-hydrogen) atoms. The van der Waals surface area contributed by atoms with E-state index in [1.54, 1.807) is 0 Å². The topological polar surface area (TPSA) is 103 Å². The monoisotopic (exact) mass is 274 g/mol. The molecule has 1 aliphatic heterocycles. The maximum absolute atomic E-state index is 11.4. The third kappa shape index (κ3) is 8.36. The zero-order valence-corrected chi connectivity index (χ0v) is 11.0. The van der Waals surface area contributed by atoms with Crippen LogP contribution in [0.3, 0.4) is 0 Å². The number of amides is 2. The third-order valence-electron chi connectivity index (χ3n) is 2.68. The summed E-state index contributed by atoms with van der Waals surface area (Å²) in [6.45, 7) is 5.59. The lowest BCUT2D eigenvalue weighted by Crippen LogP contribution is -2.47. The second-order valence-corrected chi connectivity index (χ2v) is 4.22. The number of carbonyl (C=O) groups is 2. The van der Waals surface area contributed by atoms with Crippen LogP contribution in [0.5, 0.6) is 0 Å². The van der Waals surface area contributed by atoms with E-state index in [0.717, 1.165) is 32.7 Å². The minimum atomic E-state index is -1.01. The largest absolute Gasteiger partial charge is 0.480 e. The number of urea groups is 1. The van der Waals surface area contributed by atoms with Crippen LogP contribution in [-0.2, 0) is 9.53 Å². The van der Waals surface area contributed by atoms with Crippen LogP contribution in [0.4, 0.5) is 4.79 Å². The van der Waals surface area contributed by atoms with Gasteiger partial charge in [0.25, 0.3) is 0 Å². The van der Waals surface area contributed by atoms with Gasteiger partial charge in [-0.25, -0.2) is 9.59 Å². The summed E-state index contributed by atoms with van der Waals surface area (Å²) in [4.78, 5) is 23.8. The Morgan fingerprint density at radius 1 is 1.21 bits per heavy atom. The molecule has 0 unspecified atom stereocenters. The fourth-order valence-corrected chi connectivity index (χ4v) is 1.72. The predicted octanol–water partition coefficient (Wildman–Crippen LogP) is -1.71. The Morgan fingerprint density at radius 2 is 1.89 bits per heavy atom. The van der Waals surface area contributed by atoms with Gasteiger partial charge in [0.05, 0.1) is 6.61 Å². The molecule has 0 radical (unpaired) electrons. The quantitative estimate of drug-likeness (QED) is 0.393. The number of ether oxygens (including phenoxy) is 1. The average Bonchev–Trinajstić information content (AvgIpc) is 2.39. The van der Waals surface area contributed by atoms with Crippen LogP contribution in [0.1, 0.15) is 0 Å². The van der Waals surface area contributed by atoms with Crippen LogP contribution in [-0.4, -0.2) is 81.0 Å². The Bertz CT molecular complexity index is 282. The van der Waals surface area contributed by atoms with E-state index in [1.807, 2.05) is 0 Å². The van der Waals surface area contributed by atoms with Gasteiger partial charge in [-0.05, 0) is 0 Å². The molecule has 1 fully saturated rings. The lowest BCUT2D eigenvalue weighted by atomic mass is 10.3. The first-order valence-electron chi connectivity index (χ1n) is 6.43. The molecule has 2 amide bonds. The molecule has 0 saturated carbocycles. The summed E-state index contributed by atoms with van der Waals surface area (Å²) < 4.78 is 4.79. The first-order valence-corrected chi connectivity index (χ1v) is 6.43. The number of rotatable bonds is 8. The van der Waals surface area contributed by atoms with E-state index in [0.29, 0.717) is 13.1 Å². The SMILES string of the molecule is O=C(O)COCCNC(=O)NCCN1CCNCC1. The summed E-state index contributed by atoms with van der Waals surface area (Å²) >= 11 is 0. The van der Waals surface area contributed by atoms with Gasteiger partial charge in [0.15, 0.2) is 0 Å². The van der Waals surface area contributed by atoms with Crippen LogP contribution in [0.25, 0.3) is 0 Å². The van der Waals surface area contributed by atoms with E-state index in [9.17, 15) is 9.59 Å². The minimum absolute atomic E-state index is 0.192. The molecule has 8 nitrogen and oxygen atoms in total. The van der Waals surface area contributed by atoms with Crippen LogP contribution >= 0.6 is 0 Å². The molecule has 0 aliphatic carbocycles. The summed E-state index contributed by atoms with van der Waals surface area (Å²) in [5, 5.41) is 16.9. The van der Waals surface area contributed by atoms with Crippen LogP contribution in [0.15, 0.2) is 0 Å². The van der Waals surface area contributed by atoms with Gasteiger partial charge in [-0.1, -0.05) is 0 Å². The number of aliphatic carboxylic acids is 1. The van der Waals surface area contributed by atoms with E-state index in [1.165, 1.54) is 0 Å². The van der Waals surface area contributed by atoms with Crippen molar-refractivity contribution in [3.05, 3.63) is 0 Å². The lowest BCUT2D eigenvalue weighted by molar-refractivity contribution is -0.142. The van der Waals surface area contributed by atoms with E-state index >= 15 is 0 Å². The predicted molar refractivity (Wildman–Crippen MR) is 69.2 cm³/mol. The van der Waals surface area contributed by atoms with E-state index < -0.39 is 5.97 Å². The molecule has 8 heteroatoms. The lowest BCUT2D eigenvalue weighted by Gasteiger charge is -2.27. The van der Waals surface area contributed by atoms with Crippen molar-refractivity contribution >= 4 is 12.0 Å². The number of nitrogens with zero attached hydrogens (tertiary/aromatic N) is 1. The third-order valence-corrected chi connectivity index (χ3v) is 2.68. The number of carbonyl (C=O) groups excluding carboxylic acids is 1. The van der Waals surface area contributed by atoms with Gasteiger partial charge in [0.2, 0.25) is 0 Å². The van der Waals surface area contributed by atoms with Gasteiger partial charge < -0.3 is 25.8 Å². The van der Waals surface area contributed by atoms with E-state index in [4.69, 9.17) is 9.84 Å². The van der Waals surface area contributed by atoms with Crippen molar-refractivity contribution in [3.63, 3.8) is 0 Å². The molecule has 1 saturated heterocycles. The summed E-state index contributed by atoms with van der Waals surface area (Å²) in [7, 11) is 0. The highest BCUT2D eigenvalue weighted by molar-refractivity contribution is 5.73. The first-order chi connectivity index (χ1) is 9.18. The number of carboxylic acid groups (broad SMARTS) is 1. The van der Waals surface area contributed by atoms with Gasteiger partial charge in [-0.15, -0.1) is 0 Å². The zero-order valence-electron chi connectivity index (χ0n) is 11.0. The molecular weight excluding hydrogens is 252 g/mol. The fourth-order valence-electron chi connectivity index (χ4n) is 1.72. The molecule has 0 aromatic rings. The van der Waals surface area contributed by atoms with E-state index in [2.05, 4.69) is 20.9 Å². The standard InChI is InChI=1S/C11H22N4O4/c16-10(17)9-19-8-4-14-11(18)13-3-7-15-5-1-12-2-6-15/h12H,1-9H2,(H,16,17)(H2,13,14,18). The summed E-state index contributed by atoms with van der Waals surface area (Å²) in [5.74, 6) is -1.01. The Kier molecular flexibility index (Phi) is 7.87. The molecule has 0 aromatic heterocycles. The Hall–Kier alpha value is -1.38. The van der Waals surface area contributed by atoms with Crippen molar-refractivity contribution in [2.45, 2.75) is 0 Å². The number of hydrogen-bond acceptors (Lipinski definition) is 5. The molecule has 1 rings (SSSR count). The number of carboxylic acids is 1. The smallest absolute Gasteiger partial charge is 0.329 e. The highest BCUT2D eigenvalue weighted by atomic mass is 16.5. The highest BCUT2D eigenvalue weighted by Crippen LogP contribution is 1.89. The molecular formula is C11H22N4O4. The fraction of sp³-hybridized carbons (Fsp3) is 0.818. The first kappa shape index (κ1) is 15.7. The van der Waals surface area contributed by atoms with Gasteiger partial charge in [0, 0.05) is 45.8 Å². The van der Waals surface area contributed by atoms with Crippen molar-refractivity contribution in [2.24, 2.45) is 0 Å². The molecule has 0 bridgehead atoms. The molecule has 0 spiro atoms. The van der Waals surface area contributed by atoms with Crippen LogP contribution in [0, 0.1) is 0 Å². The number of hydrogen-bond donors (Lipinski definition) is 4. The van der Waals surface area contributed by atoms with Crippen LogP contribution < -0.4 is 16.0 Å². The number of nitrogens with one attached hydrogen (secondary N) is 3. The number of piperazine rings is 1. The molecule has 0 aromatic carbocycles. The van der Waals surface area contributed by atoms with Crippen molar-refractivity contribution in [3.8, 4) is 0 Å². The summed E-state index contributed by atoms with van der Waals surface area (Å²) in [6, 6.07) is -0.256. The molecule has 1 heterocycles. The van der Waals surface area contributed by atoms with Crippen molar-refractivity contribution in [2.75, 3.05) is 59.0 Å². The zero-order chi connectivity index (χ0) is 13.9. The maximum atomic E-state index is 11.4. The van der Waals surface area contributed by atoms with Crippen molar-refractivity contribution in [1.29, 1.82) is 0 Å². The second-order valence-electron chi connectivity index (χ2n) is 4.22. The minimum Gasteiger partial charge on any atom is -0.480 e.